The lowest BCUT2D eigenvalue weighted by Gasteiger charge is -2.31. The third kappa shape index (κ3) is 3.80. The van der Waals surface area contributed by atoms with Crippen LogP contribution in [0.25, 0.3) is 0 Å². The number of halogens is 1. The van der Waals surface area contributed by atoms with Gasteiger partial charge < -0.3 is 9.84 Å². The van der Waals surface area contributed by atoms with Gasteiger partial charge in [-0.2, -0.15) is 0 Å². The minimum absolute atomic E-state index is 0.0295. The van der Waals surface area contributed by atoms with Crippen LogP contribution >= 0.6 is 15.9 Å². The van der Waals surface area contributed by atoms with Gasteiger partial charge in [-0.15, -0.1) is 0 Å². The minimum Gasteiger partial charge on any atom is -0.490 e. The van der Waals surface area contributed by atoms with E-state index in [0.29, 0.717) is 11.3 Å². The lowest BCUT2D eigenvalue weighted by atomic mass is 9.85. The molecule has 1 saturated carbocycles. The quantitative estimate of drug-likeness (QED) is 0.857. The standard InChI is InChI=1S/C15H19BrO3/c1-11(17)13-6-5-12(16)9-14(13)19-10-15(18)7-3-2-4-8-15/h5-6,9,18H,2-4,7-8,10H2,1H3. The molecular formula is C15H19BrO3. The minimum atomic E-state index is -0.741. The first kappa shape index (κ1) is 14.5. The number of carbonyl (C=O) groups is 1. The summed E-state index contributed by atoms with van der Waals surface area (Å²) >= 11 is 3.37. The Morgan fingerprint density at radius 1 is 1.37 bits per heavy atom. The summed E-state index contributed by atoms with van der Waals surface area (Å²) in [5.74, 6) is 0.513. The molecule has 0 radical (unpaired) electrons. The fourth-order valence-corrected chi connectivity index (χ4v) is 2.81. The molecule has 1 aliphatic carbocycles. The number of rotatable bonds is 4. The Bertz CT molecular complexity index is 464. The van der Waals surface area contributed by atoms with Crippen molar-refractivity contribution >= 4 is 21.7 Å². The van der Waals surface area contributed by atoms with Crippen LogP contribution in [0.15, 0.2) is 22.7 Å². The first-order valence-electron chi connectivity index (χ1n) is 6.66. The Hall–Kier alpha value is -0.870. The Morgan fingerprint density at radius 2 is 2.05 bits per heavy atom. The zero-order valence-electron chi connectivity index (χ0n) is 11.1. The van der Waals surface area contributed by atoms with Gasteiger partial charge in [0, 0.05) is 4.47 Å². The molecule has 1 aromatic carbocycles. The molecule has 0 spiro atoms. The van der Waals surface area contributed by atoms with Gasteiger partial charge in [0.25, 0.3) is 0 Å². The van der Waals surface area contributed by atoms with E-state index >= 15 is 0 Å². The van der Waals surface area contributed by atoms with Crippen LogP contribution in [0.1, 0.15) is 49.4 Å². The van der Waals surface area contributed by atoms with Crippen LogP contribution in [0.2, 0.25) is 0 Å². The van der Waals surface area contributed by atoms with Gasteiger partial charge in [0.15, 0.2) is 5.78 Å². The van der Waals surface area contributed by atoms with Crippen molar-refractivity contribution in [3.63, 3.8) is 0 Å². The molecular weight excluding hydrogens is 308 g/mol. The molecule has 0 saturated heterocycles. The van der Waals surface area contributed by atoms with Crippen LogP contribution < -0.4 is 4.74 Å². The highest BCUT2D eigenvalue weighted by molar-refractivity contribution is 9.10. The summed E-state index contributed by atoms with van der Waals surface area (Å²) in [6, 6.07) is 5.34. The number of ketones is 1. The molecule has 0 aromatic heterocycles. The lowest BCUT2D eigenvalue weighted by molar-refractivity contribution is -0.0340. The summed E-state index contributed by atoms with van der Waals surface area (Å²) in [7, 11) is 0. The summed E-state index contributed by atoms with van der Waals surface area (Å²) in [5.41, 5.74) is -0.183. The van der Waals surface area contributed by atoms with Crippen LogP contribution in [0.4, 0.5) is 0 Å². The van der Waals surface area contributed by atoms with E-state index in [-0.39, 0.29) is 12.4 Å². The average molecular weight is 327 g/mol. The molecule has 0 atom stereocenters. The predicted octanol–water partition coefficient (Wildman–Crippen LogP) is 3.73. The highest BCUT2D eigenvalue weighted by Gasteiger charge is 2.30. The van der Waals surface area contributed by atoms with Crippen molar-refractivity contribution in [2.24, 2.45) is 0 Å². The van der Waals surface area contributed by atoms with Crippen molar-refractivity contribution in [2.75, 3.05) is 6.61 Å². The highest BCUT2D eigenvalue weighted by atomic mass is 79.9. The fraction of sp³-hybridized carbons (Fsp3) is 0.533. The van der Waals surface area contributed by atoms with Crippen molar-refractivity contribution in [1.82, 2.24) is 0 Å². The molecule has 2 rings (SSSR count). The Balaban J connectivity index is 2.10. The summed E-state index contributed by atoms with van der Waals surface area (Å²) in [5, 5.41) is 10.4. The maximum absolute atomic E-state index is 11.6. The molecule has 1 fully saturated rings. The monoisotopic (exact) mass is 326 g/mol. The Morgan fingerprint density at radius 3 is 2.68 bits per heavy atom. The van der Waals surface area contributed by atoms with Crippen molar-refractivity contribution < 1.29 is 14.6 Å². The SMILES string of the molecule is CC(=O)c1ccc(Br)cc1OCC1(O)CCCCC1. The Kier molecular flexibility index (Phi) is 4.63. The fourth-order valence-electron chi connectivity index (χ4n) is 2.47. The van der Waals surface area contributed by atoms with Gasteiger partial charge in [0.1, 0.15) is 12.4 Å². The largest absolute Gasteiger partial charge is 0.490 e. The lowest BCUT2D eigenvalue weighted by Crippen LogP contribution is -2.38. The molecule has 0 amide bonds. The summed E-state index contributed by atoms with van der Waals surface area (Å²) in [6.45, 7) is 1.77. The molecule has 0 aliphatic heterocycles. The molecule has 1 aliphatic rings. The van der Waals surface area contributed by atoms with Gasteiger partial charge in [-0.3, -0.25) is 4.79 Å². The zero-order valence-corrected chi connectivity index (χ0v) is 12.7. The first-order valence-corrected chi connectivity index (χ1v) is 7.45. The van der Waals surface area contributed by atoms with Crippen LogP contribution in [0, 0.1) is 0 Å². The number of hydrogen-bond donors (Lipinski definition) is 1. The van der Waals surface area contributed by atoms with E-state index in [1.165, 1.54) is 13.3 Å². The smallest absolute Gasteiger partial charge is 0.163 e. The molecule has 3 nitrogen and oxygen atoms in total. The molecule has 4 heteroatoms. The number of aliphatic hydroxyl groups is 1. The first-order chi connectivity index (χ1) is 9.00. The number of hydrogen-bond acceptors (Lipinski definition) is 3. The van der Waals surface area contributed by atoms with E-state index in [1.54, 1.807) is 12.1 Å². The van der Waals surface area contributed by atoms with E-state index in [1.807, 2.05) is 6.07 Å². The van der Waals surface area contributed by atoms with Crippen LogP contribution in [-0.4, -0.2) is 23.1 Å². The van der Waals surface area contributed by atoms with E-state index in [4.69, 9.17) is 4.74 Å². The third-order valence-corrected chi connectivity index (χ3v) is 4.10. The summed E-state index contributed by atoms with van der Waals surface area (Å²) in [4.78, 5) is 11.6. The molecule has 0 unspecified atom stereocenters. The topological polar surface area (TPSA) is 46.5 Å². The van der Waals surface area contributed by atoms with Gasteiger partial charge in [-0.05, 0) is 38.0 Å². The van der Waals surface area contributed by atoms with Gasteiger partial charge in [-0.25, -0.2) is 0 Å². The number of Topliss-reactive ketones (excluding diaryl/α,β-unsaturated/α-hetero) is 1. The van der Waals surface area contributed by atoms with E-state index < -0.39 is 5.60 Å². The number of ether oxygens (including phenoxy) is 1. The van der Waals surface area contributed by atoms with Crippen molar-refractivity contribution in [3.05, 3.63) is 28.2 Å². The van der Waals surface area contributed by atoms with Crippen molar-refractivity contribution in [1.29, 1.82) is 0 Å². The van der Waals surface area contributed by atoms with Gasteiger partial charge in [0.2, 0.25) is 0 Å². The van der Waals surface area contributed by atoms with Crippen molar-refractivity contribution in [3.8, 4) is 5.75 Å². The molecule has 1 N–H and O–H groups in total. The van der Waals surface area contributed by atoms with Gasteiger partial charge >= 0.3 is 0 Å². The summed E-state index contributed by atoms with van der Waals surface area (Å²) in [6.07, 6.45) is 4.81. The number of benzene rings is 1. The third-order valence-electron chi connectivity index (χ3n) is 3.60. The second-order valence-electron chi connectivity index (χ2n) is 5.27. The molecule has 104 valence electrons. The van der Waals surface area contributed by atoms with E-state index in [0.717, 1.165) is 30.2 Å². The Labute approximate surface area is 122 Å². The molecule has 1 aromatic rings. The normalized spacial score (nSPS) is 18.1. The van der Waals surface area contributed by atoms with Crippen molar-refractivity contribution in [2.45, 2.75) is 44.6 Å². The average Bonchev–Trinajstić information content (AvgIpc) is 2.37. The zero-order chi connectivity index (χ0) is 13.9. The van der Waals surface area contributed by atoms with Crippen LogP contribution in [0.3, 0.4) is 0 Å². The van der Waals surface area contributed by atoms with E-state index in [2.05, 4.69) is 15.9 Å². The van der Waals surface area contributed by atoms with Gasteiger partial charge in [-0.1, -0.05) is 35.2 Å². The molecule has 0 bridgehead atoms. The van der Waals surface area contributed by atoms with E-state index in [9.17, 15) is 9.90 Å². The second-order valence-corrected chi connectivity index (χ2v) is 6.19. The maximum Gasteiger partial charge on any atom is 0.163 e. The molecule has 19 heavy (non-hydrogen) atoms. The molecule has 0 heterocycles. The summed E-state index contributed by atoms with van der Waals surface area (Å²) < 4.78 is 6.58. The number of carbonyl (C=O) groups excluding carboxylic acids is 1. The van der Waals surface area contributed by atoms with Gasteiger partial charge in [0.05, 0.1) is 11.2 Å². The maximum atomic E-state index is 11.6. The predicted molar refractivity (Wildman–Crippen MR) is 77.7 cm³/mol. The van der Waals surface area contributed by atoms with Crippen LogP contribution in [-0.2, 0) is 0 Å². The highest BCUT2D eigenvalue weighted by Crippen LogP contribution is 2.30. The van der Waals surface area contributed by atoms with Crippen LogP contribution in [0.5, 0.6) is 5.75 Å². The second kappa shape index (κ2) is 6.06.